The van der Waals surface area contributed by atoms with Crippen LogP contribution in [0.2, 0.25) is 0 Å². The largest absolute Gasteiger partial charge is 0.469 e. The average molecular weight is 299 g/mol. The Morgan fingerprint density at radius 3 is 2.43 bits per heavy atom. The summed E-state index contributed by atoms with van der Waals surface area (Å²) in [7, 11) is 1.34. The maximum absolute atomic E-state index is 13.3. The summed E-state index contributed by atoms with van der Waals surface area (Å²) in [4.78, 5) is 22.4. The van der Waals surface area contributed by atoms with Crippen molar-refractivity contribution >= 4 is 11.9 Å². The number of esters is 1. The normalized spacial score (nSPS) is 10.2. The zero-order valence-electron chi connectivity index (χ0n) is 12.0. The lowest BCUT2D eigenvalue weighted by Crippen LogP contribution is -2.26. The van der Waals surface area contributed by atoms with E-state index in [1.807, 2.05) is 0 Å². The molecule has 0 unspecified atom stereocenters. The molecule has 0 spiro atoms. The van der Waals surface area contributed by atoms with Gasteiger partial charge in [0.05, 0.1) is 13.5 Å². The second-order valence-corrected chi connectivity index (χ2v) is 4.61. The van der Waals surface area contributed by atoms with Crippen LogP contribution in [0.25, 0.3) is 0 Å². The fraction of sp³-hybridized carbons (Fsp3) is 0.467. The van der Waals surface area contributed by atoms with Gasteiger partial charge in [-0.1, -0.05) is 12.5 Å². The molecule has 6 heteroatoms. The van der Waals surface area contributed by atoms with Gasteiger partial charge in [-0.05, 0) is 25.0 Å². The number of ether oxygens (including phenoxy) is 1. The number of methoxy groups -OCH3 is 1. The summed E-state index contributed by atoms with van der Waals surface area (Å²) < 4.78 is 31.2. The molecule has 0 bridgehead atoms. The molecule has 21 heavy (non-hydrogen) atoms. The first-order valence-electron chi connectivity index (χ1n) is 6.81. The van der Waals surface area contributed by atoms with Crippen LogP contribution in [0.1, 0.15) is 31.2 Å². The number of carbonyl (C=O) groups is 2. The van der Waals surface area contributed by atoms with Crippen molar-refractivity contribution in [2.75, 3.05) is 13.7 Å². The van der Waals surface area contributed by atoms with E-state index in [1.54, 1.807) is 0 Å². The van der Waals surface area contributed by atoms with Gasteiger partial charge in [0.25, 0.3) is 0 Å². The van der Waals surface area contributed by atoms with Crippen LogP contribution in [0, 0.1) is 11.6 Å². The Morgan fingerprint density at radius 1 is 1.14 bits per heavy atom. The van der Waals surface area contributed by atoms with E-state index in [0.717, 1.165) is 18.6 Å². The van der Waals surface area contributed by atoms with E-state index in [-0.39, 0.29) is 18.0 Å². The van der Waals surface area contributed by atoms with Crippen LogP contribution in [-0.2, 0) is 20.7 Å². The van der Waals surface area contributed by atoms with Crippen molar-refractivity contribution in [1.82, 2.24) is 5.32 Å². The van der Waals surface area contributed by atoms with E-state index >= 15 is 0 Å². The molecular weight excluding hydrogens is 280 g/mol. The Kier molecular flexibility index (Phi) is 7.36. The third-order valence-corrected chi connectivity index (χ3v) is 3.01. The first kappa shape index (κ1) is 17.1. The van der Waals surface area contributed by atoms with Crippen molar-refractivity contribution in [3.05, 3.63) is 35.4 Å². The van der Waals surface area contributed by atoms with Gasteiger partial charge in [-0.25, -0.2) is 8.78 Å². The van der Waals surface area contributed by atoms with Gasteiger partial charge < -0.3 is 10.1 Å². The molecule has 1 N–H and O–H groups in total. The first-order chi connectivity index (χ1) is 10.0. The molecule has 0 atom stereocenters. The van der Waals surface area contributed by atoms with Crippen LogP contribution >= 0.6 is 0 Å². The quantitative estimate of drug-likeness (QED) is 0.592. The molecule has 1 rings (SSSR count). The van der Waals surface area contributed by atoms with E-state index in [4.69, 9.17) is 0 Å². The standard InChI is InChI=1S/C15H19F2NO3/c1-21-15(20)8-3-2-4-9-18-14(19)10-11-12(16)6-5-7-13(11)17/h5-7H,2-4,8-10H2,1H3,(H,18,19). The Balaban J connectivity index is 2.21. The topological polar surface area (TPSA) is 55.4 Å². The van der Waals surface area contributed by atoms with Gasteiger partial charge in [0, 0.05) is 18.5 Å². The van der Waals surface area contributed by atoms with Gasteiger partial charge in [-0.15, -0.1) is 0 Å². The van der Waals surface area contributed by atoms with Crippen LogP contribution in [0.15, 0.2) is 18.2 Å². The first-order valence-corrected chi connectivity index (χ1v) is 6.81. The predicted octanol–water partition coefficient (Wildman–Crippen LogP) is 2.36. The summed E-state index contributed by atoms with van der Waals surface area (Å²) in [6.45, 7) is 0.413. The summed E-state index contributed by atoms with van der Waals surface area (Å²) >= 11 is 0. The number of carbonyl (C=O) groups excluding carboxylic acids is 2. The van der Waals surface area contributed by atoms with Crippen molar-refractivity contribution in [2.45, 2.75) is 32.1 Å². The van der Waals surface area contributed by atoms with Crippen molar-refractivity contribution in [2.24, 2.45) is 0 Å². The zero-order chi connectivity index (χ0) is 15.7. The molecule has 4 nitrogen and oxygen atoms in total. The van der Waals surface area contributed by atoms with Gasteiger partial charge in [0.1, 0.15) is 11.6 Å². The average Bonchev–Trinajstić information content (AvgIpc) is 2.46. The van der Waals surface area contributed by atoms with Crippen LogP contribution in [0.5, 0.6) is 0 Å². The van der Waals surface area contributed by atoms with Crippen molar-refractivity contribution in [1.29, 1.82) is 0 Å². The molecule has 0 aliphatic heterocycles. The lowest BCUT2D eigenvalue weighted by atomic mass is 10.1. The van der Waals surface area contributed by atoms with Gasteiger partial charge in [-0.2, -0.15) is 0 Å². The van der Waals surface area contributed by atoms with Gasteiger partial charge >= 0.3 is 5.97 Å². The fourth-order valence-corrected chi connectivity index (χ4v) is 1.83. The monoisotopic (exact) mass is 299 g/mol. The Morgan fingerprint density at radius 2 is 1.81 bits per heavy atom. The number of nitrogens with one attached hydrogen (secondary N) is 1. The second-order valence-electron chi connectivity index (χ2n) is 4.61. The highest BCUT2D eigenvalue weighted by molar-refractivity contribution is 5.78. The number of amides is 1. The summed E-state index contributed by atoms with van der Waals surface area (Å²) in [6, 6.07) is 3.50. The van der Waals surface area contributed by atoms with Crippen LogP contribution < -0.4 is 5.32 Å². The molecule has 0 aliphatic carbocycles. The molecule has 0 fully saturated rings. The maximum Gasteiger partial charge on any atom is 0.305 e. The minimum Gasteiger partial charge on any atom is -0.469 e. The number of rotatable bonds is 8. The molecule has 1 amide bonds. The fourth-order valence-electron chi connectivity index (χ4n) is 1.83. The number of benzene rings is 1. The molecule has 116 valence electrons. The Hall–Kier alpha value is -1.98. The minimum absolute atomic E-state index is 0.222. The molecular formula is C15H19F2NO3. The predicted molar refractivity (Wildman–Crippen MR) is 73.6 cm³/mol. The van der Waals surface area contributed by atoms with Crippen LogP contribution in [0.3, 0.4) is 0 Å². The maximum atomic E-state index is 13.3. The van der Waals surface area contributed by atoms with Gasteiger partial charge in [0.15, 0.2) is 0 Å². The van der Waals surface area contributed by atoms with Gasteiger partial charge in [0.2, 0.25) is 5.91 Å². The van der Waals surface area contributed by atoms with Crippen LogP contribution in [0.4, 0.5) is 8.78 Å². The van der Waals surface area contributed by atoms with Crippen molar-refractivity contribution in [3.8, 4) is 0 Å². The van der Waals surface area contributed by atoms with Crippen molar-refractivity contribution in [3.63, 3.8) is 0 Å². The van der Waals surface area contributed by atoms with Gasteiger partial charge in [-0.3, -0.25) is 9.59 Å². The Bertz CT molecular complexity index is 472. The lowest BCUT2D eigenvalue weighted by molar-refractivity contribution is -0.140. The van der Waals surface area contributed by atoms with E-state index in [1.165, 1.54) is 13.2 Å². The lowest BCUT2D eigenvalue weighted by Gasteiger charge is -2.07. The molecule has 0 saturated carbocycles. The molecule has 0 radical (unpaired) electrons. The smallest absolute Gasteiger partial charge is 0.305 e. The summed E-state index contributed by atoms with van der Waals surface area (Å²) in [5, 5.41) is 2.60. The minimum atomic E-state index is -0.719. The SMILES string of the molecule is COC(=O)CCCCCNC(=O)Cc1c(F)cccc1F. The summed E-state index contributed by atoms with van der Waals surface area (Å²) in [5.41, 5.74) is -0.222. The Labute approximate surface area is 122 Å². The second kappa shape index (κ2) is 9.05. The van der Waals surface area contributed by atoms with E-state index < -0.39 is 17.5 Å². The van der Waals surface area contributed by atoms with Crippen LogP contribution in [-0.4, -0.2) is 25.5 Å². The molecule has 0 saturated heterocycles. The zero-order valence-corrected chi connectivity index (χ0v) is 12.0. The van der Waals surface area contributed by atoms with E-state index in [2.05, 4.69) is 10.1 Å². The summed E-state index contributed by atoms with van der Waals surface area (Å²) in [5.74, 6) is -2.12. The molecule has 0 aliphatic rings. The molecule has 0 aromatic heterocycles. The number of unbranched alkanes of at least 4 members (excludes halogenated alkanes) is 2. The van der Waals surface area contributed by atoms with E-state index in [0.29, 0.717) is 25.8 Å². The number of hydrogen-bond acceptors (Lipinski definition) is 3. The summed E-state index contributed by atoms with van der Waals surface area (Å²) in [6.07, 6.45) is 2.18. The molecule has 1 aromatic carbocycles. The molecule has 1 aromatic rings. The van der Waals surface area contributed by atoms with Crippen molar-refractivity contribution < 1.29 is 23.1 Å². The molecule has 0 heterocycles. The number of halogens is 2. The third-order valence-electron chi connectivity index (χ3n) is 3.01. The number of hydrogen-bond donors (Lipinski definition) is 1. The highest BCUT2D eigenvalue weighted by atomic mass is 19.1. The highest BCUT2D eigenvalue weighted by Crippen LogP contribution is 2.12. The highest BCUT2D eigenvalue weighted by Gasteiger charge is 2.12. The van der Waals surface area contributed by atoms with E-state index in [9.17, 15) is 18.4 Å². The third kappa shape index (κ3) is 6.33.